The van der Waals surface area contributed by atoms with Crippen molar-refractivity contribution in [2.75, 3.05) is 51.1 Å². The third-order valence-corrected chi connectivity index (χ3v) is 6.73. The Balaban J connectivity index is 0.00000272. The smallest absolute Gasteiger partial charge is 0.229 e. The van der Waals surface area contributed by atoms with Crippen LogP contribution in [0.25, 0.3) is 10.2 Å². The summed E-state index contributed by atoms with van der Waals surface area (Å²) in [6.07, 6.45) is 0.464. The van der Waals surface area contributed by atoms with Crippen molar-refractivity contribution in [1.29, 1.82) is 0 Å². The Morgan fingerprint density at radius 3 is 2.52 bits per heavy atom. The van der Waals surface area contributed by atoms with Crippen molar-refractivity contribution in [2.24, 2.45) is 0 Å². The monoisotopic (exact) mass is 479 g/mol. The molecule has 31 heavy (non-hydrogen) atoms. The number of nitrogens with zero attached hydrogens (tertiary/aromatic N) is 3. The lowest BCUT2D eigenvalue weighted by molar-refractivity contribution is -0.118. The van der Waals surface area contributed by atoms with Gasteiger partial charge in [-0.3, -0.25) is 9.69 Å². The molecule has 0 fully saturated rings. The zero-order chi connectivity index (χ0) is 20.9. The quantitative estimate of drug-likeness (QED) is 0.441. The van der Waals surface area contributed by atoms with E-state index in [1.54, 1.807) is 11.8 Å². The number of amides is 1. The number of rotatable bonds is 8. The second-order valence-corrected chi connectivity index (χ2v) is 9.40. The van der Waals surface area contributed by atoms with Gasteiger partial charge in [0.25, 0.3) is 0 Å². The highest BCUT2D eigenvalue weighted by Crippen LogP contribution is 2.39. The van der Waals surface area contributed by atoms with Gasteiger partial charge in [-0.25, -0.2) is 4.98 Å². The van der Waals surface area contributed by atoms with Gasteiger partial charge in [0, 0.05) is 42.3 Å². The molecule has 0 aliphatic carbocycles. The first-order chi connectivity index (χ1) is 14.6. The second-order valence-electron chi connectivity index (χ2n) is 7.22. The number of carbonyl (C=O) groups excluding carboxylic acids is 1. The van der Waals surface area contributed by atoms with Crippen molar-refractivity contribution >= 4 is 56.8 Å². The summed E-state index contributed by atoms with van der Waals surface area (Å²) in [7, 11) is 4.02. The van der Waals surface area contributed by atoms with Crippen LogP contribution in [0.5, 0.6) is 11.5 Å². The Hall–Kier alpha value is -2.00. The first-order valence-corrected chi connectivity index (χ1v) is 11.7. The molecule has 1 aliphatic heterocycles. The predicted molar refractivity (Wildman–Crippen MR) is 131 cm³/mol. The number of thioether (sulfide) groups is 1. The number of thiazole rings is 1. The molecule has 166 valence electrons. The topological polar surface area (TPSA) is 54.9 Å². The van der Waals surface area contributed by atoms with Gasteiger partial charge >= 0.3 is 0 Å². The number of aromatic nitrogens is 1. The van der Waals surface area contributed by atoms with Crippen molar-refractivity contribution in [3.8, 4) is 11.5 Å². The molecular weight excluding hydrogens is 454 g/mol. The van der Waals surface area contributed by atoms with Crippen molar-refractivity contribution in [3.63, 3.8) is 0 Å². The van der Waals surface area contributed by atoms with Crippen LogP contribution in [0.4, 0.5) is 5.13 Å². The summed E-state index contributed by atoms with van der Waals surface area (Å²) >= 11 is 3.22. The van der Waals surface area contributed by atoms with E-state index in [2.05, 4.69) is 17.0 Å². The molecule has 0 unspecified atom stereocenters. The van der Waals surface area contributed by atoms with Gasteiger partial charge < -0.3 is 14.4 Å². The Morgan fingerprint density at radius 2 is 1.81 bits per heavy atom. The summed E-state index contributed by atoms with van der Waals surface area (Å²) in [5.74, 6) is 2.30. The van der Waals surface area contributed by atoms with Crippen LogP contribution in [0.15, 0.2) is 47.4 Å². The highest BCUT2D eigenvalue weighted by atomic mass is 35.5. The second kappa shape index (κ2) is 11.0. The maximum Gasteiger partial charge on any atom is 0.229 e. The zero-order valence-electron chi connectivity index (χ0n) is 17.6. The fraction of sp³-hybridized carbons (Fsp3) is 0.364. The average molecular weight is 480 g/mol. The third-order valence-electron chi connectivity index (χ3n) is 4.67. The minimum Gasteiger partial charge on any atom is -0.486 e. The molecular formula is C22H26ClN3O3S2. The van der Waals surface area contributed by atoms with E-state index >= 15 is 0 Å². The molecule has 3 aromatic rings. The standard InChI is InChI=1S/C22H25N3O3S2.ClH/c1-24(2)9-10-25(21(26)8-13-29-16-6-4-3-5-7-16)22-23-17-14-18-19(15-20(17)30-22)28-12-11-27-18;/h3-7,14-15H,8-13H2,1-2H3;1H. The minimum atomic E-state index is 0. The van der Waals surface area contributed by atoms with Crippen molar-refractivity contribution in [2.45, 2.75) is 11.3 Å². The van der Waals surface area contributed by atoms with Crippen molar-refractivity contribution in [3.05, 3.63) is 42.5 Å². The van der Waals surface area contributed by atoms with Crippen LogP contribution in [-0.2, 0) is 4.79 Å². The van der Waals surface area contributed by atoms with E-state index in [1.165, 1.54) is 16.2 Å². The van der Waals surface area contributed by atoms with E-state index in [0.29, 0.717) is 26.2 Å². The summed E-state index contributed by atoms with van der Waals surface area (Å²) < 4.78 is 12.4. The van der Waals surface area contributed by atoms with E-state index in [-0.39, 0.29) is 18.3 Å². The highest BCUT2D eigenvalue weighted by Gasteiger charge is 2.21. The summed E-state index contributed by atoms with van der Waals surface area (Å²) in [5.41, 5.74) is 0.834. The highest BCUT2D eigenvalue weighted by molar-refractivity contribution is 7.99. The molecule has 0 saturated carbocycles. The fourth-order valence-electron chi connectivity index (χ4n) is 3.10. The van der Waals surface area contributed by atoms with Crippen molar-refractivity contribution in [1.82, 2.24) is 9.88 Å². The van der Waals surface area contributed by atoms with E-state index in [9.17, 15) is 4.79 Å². The first-order valence-electron chi connectivity index (χ1n) is 9.93. The molecule has 0 N–H and O–H groups in total. The van der Waals surface area contributed by atoms with Crippen LogP contribution in [0.2, 0.25) is 0 Å². The van der Waals surface area contributed by atoms with E-state index < -0.39 is 0 Å². The Bertz CT molecular complexity index is 971. The number of anilines is 1. The summed E-state index contributed by atoms with van der Waals surface area (Å²) in [6, 6.07) is 14.0. The number of likely N-dealkylation sites (N-methyl/N-ethyl adjacent to an activating group) is 1. The first kappa shape index (κ1) is 23.7. The molecule has 1 aliphatic rings. The molecule has 1 amide bonds. The van der Waals surface area contributed by atoms with E-state index in [0.717, 1.165) is 39.1 Å². The average Bonchev–Trinajstić information content (AvgIpc) is 3.15. The lowest BCUT2D eigenvalue weighted by Gasteiger charge is -2.22. The number of ether oxygens (including phenoxy) is 2. The van der Waals surface area contributed by atoms with E-state index in [4.69, 9.17) is 14.5 Å². The fourth-order valence-corrected chi connectivity index (χ4v) is 4.98. The molecule has 0 atom stereocenters. The van der Waals surface area contributed by atoms with Gasteiger partial charge in [-0.15, -0.1) is 24.2 Å². The van der Waals surface area contributed by atoms with Crippen LogP contribution in [-0.4, -0.2) is 61.9 Å². The number of halogens is 1. The van der Waals surface area contributed by atoms with Gasteiger partial charge in [0.15, 0.2) is 16.6 Å². The Kier molecular flexibility index (Phi) is 8.43. The SMILES string of the molecule is CN(C)CCN(C(=O)CCSc1ccccc1)c1nc2cc3c(cc2s1)OCCO3.Cl. The number of carbonyl (C=O) groups is 1. The maximum atomic E-state index is 13.1. The lowest BCUT2D eigenvalue weighted by atomic mass is 10.3. The molecule has 0 bridgehead atoms. The largest absolute Gasteiger partial charge is 0.486 e. The molecule has 9 heteroatoms. The van der Waals surface area contributed by atoms with Crippen LogP contribution in [0.3, 0.4) is 0 Å². The molecule has 1 aromatic heterocycles. The number of benzene rings is 2. The molecule has 0 spiro atoms. The lowest BCUT2D eigenvalue weighted by Crippen LogP contribution is -2.36. The number of hydrogen-bond acceptors (Lipinski definition) is 7. The summed E-state index contributed by atoms with van der Waals surface area (Å²) in [6.45, 7) is 2.48. The van der Waals surface area contributed by atoms with Gasteiger partial charge in [-0.1, -0.05) is 29.5 Å². The third kappa shape index (κ3) is 6.04. The minimum absolute atomic E-state index is 0. The molecule has 6 nitrogen and oxygen atoms in total. The van der Waals surface area contributed by atoms with Crippen LogP contribution < -0.4 is 14.4 Å². The van der Waals surface area contributed by atoms with Gasteiger partial charge in [0.05, 0.1) is 10.2 Å². The zero-order valence-corrected chi connectivity index (χ0v) is 20.0. The number of hydrogen-bond donors (Lipinski definition) is 0. The summed E-state index contributed by atoms with van der Waals surface area (Å²) in [5, 5.41) is 0.726. The maximum absolute atomic E-state index is 13.1. The molecule has 2 heterocycles. The van der Waals surface area contributed by atoms with Crippen LogP contribution in [0, 0.1) is 0 Å². The van der Waals surface area contributed by atoms with Crippen LogP contribution >= 0.6 is 35.5 Å². The number of fused-ring (bicyclic) bond motifs is 2. The van der Waals surface area contributed by atoms with E-state index in [1.807, 2.05) is 49.3 Å². The Morgan fingerprint density at radius 1 is 1.10 bits per heavy atom. The van der Waals surface area contributed by atoms with Gasteiger partial charge in [-0.2, -0.15) is 0 Å². The molecule has 2 aromatic carbocycles. The normalized spacial score (nSPS) is 12.6. The Labute approximate surface area is 196 Å². The van der Waals surface area contributed by atoms with Crippen LogP contribution in [0.1, 0.15) is 6.42 Å². The van der Waals surface area contributed by atoms with Gasteiger partial charge in [0.2, 0.25) is 5.91 Å². The molecule has 0 radical (unpaired) electrons. The van der Waals surface area contributed by atoms with Gasteiger partial charge in [-0.05, 0) is 26.2 Å². The predicted octanol–water partition coefficient (Wildman–Crippen LogP) is 4.57. The van der Waals surface area contributed by atoms with Crippen molar-refractivity contribution < 1.29 is 14.3 Å². The summed E-state index contributed by atoms with van der Waals surface area (Å²) in [4.78, 5) is 22.9. The van der Waals surface area contributed by atoms with Gasteiger partial charge in [0.1, 0.15) is 13.2 Å². The molecule has 0 saturated heterocycles. The molecule has 4 rings (SSSR count).